The number of nitrogens with one attached hydrogen (secondary N) is 1. The zero-order chi connectivity index (χ0) is 9.97. The summed E-state index contributed by atoms with van der Waals surface area (Å²) in [7, 11) is 0. The summed E-state index contributed by atoms with van der Waals surface area (Å²) in [6, 6.07) is 1.76. The Morgan fingerprint density at radius 3 is 2.64 bits per heavy atom. The van der Waals surface area contributed by atoms with Gasteiger partial charge in [0.25, 0.3) is 0 Å². The van der Waals surface area contributed by atoms with Crippen LogP contribution < -0.4 is 5.32 Å². The molecule has 2 heteroatoms. The van der Waals surface area contributed by atoms with E-state index >= 15 is 0 Å². The highest BCUT2D eigenvalue weighted by atomic mass is 15.2. The van der Waals surface area contributed by atoms with E-state index in [-0.39, 0.29) is 0 Å². The third-order valence-electron chi connectivity index (χ3n) is 4.06. The smallest absolute Gasteiger partial charge is 0.0139 e. The lowest BCUT2D eigenvalue weighted by atomic mass is 9.78. The molecule has 1 N–H and O–H groups in total. The third kappa shape index (κ3) is 1.96. The monoisotopic (exact) mass is 196 g/mol. The molecule has 3 unspecified atom stereocenters. The molecule has 2 fully saturated rings. The van der Waals surface area contributed by atoms with Crippen LogP contribution in [0.25, 0.3) is 0 Å². The van der Waals surface area contributed by atoms with Crippen molar-refractivity contribution in [2.24, 2.45) is 5.92 Å². The Morgan fingerprint density at radius 1 is 1.29 bits per heavy atom. The molecule has 0 radical (unpaired) electrons. The Kier molecular flexibility index (Phi) is 3.45. The summed E-state index contributed by atoms with van der Waals surface area (Å²) < 4.78 is 0. The first-order valence-electron chi connectivity index (χ1n) is 6.29. The normalized spacial score (nSPS) is 38.6. The average Bonchev–Trinajstić information content (AvgIpc) is 2.51. The maximum absolute atomic E-state index is 3.49. The lowest BCUT2D eigenvalue weighted by Gasteiger charge is -2.45. The van der Waals surface area contributed by atoms with Crippen molar-refractivity contribution >= 4 is 0 Å². The van der Waals surface area contributed by atoms with Crippen molar-refractivity contribution in [2.75, 3.05) is 19.6 Å². The van der Waals surface area contributed by atoms with Crippen LogP contribution >= 0.6 is 0 Å². The van der Waals surface area contributed by atoms with Gasteiger partial charge in [0.15, 0.2) is 0 Å². The van der Waals surface area contributed by atoms with Gasteiger partial charge >= 0.3 is 0 Å². The molecule has 3 atom stereocenters. The van der Waals surface area contributed by atoms with E-state index in [0.717, 1.165) is 24.5 Å². The van der Waals surface area contributed by atoms with Crippen LogP contribution in [0.15, 0.2) is 0 Å². The van der Waals surface area contributed by atoms with Gasteiger partial charge in [-0.2, -0.15) is 0 Å². The summed E-state index contributed by atoms with van der Waals surface area (Å²) in [4.78, 5) is 2.76. The van der Waals surface area contributed by atoms with Gasteiger partial charge in [-0.05, 0) is 58.2 Å². The number of nitrogens with zero attached hydrogens (tertiary/aromatic N) is 1. The van der Waals surface area contributed by atoms with Crippen molar-refractivity contribution in [2.45, 2.75) is 51.6 Å². The van der Waals surface area contributed by atoms with Crippen LogP contribution in [0.2, 0.25) is 0 Å². The third-order valence-corrected chi connectivity index (χ3v) is 4.06. The molecular formula is C12H24N2. The lowest BCUT2D eigenvalue weighted by molar-refractivity contribution is 0.0572. The predicted molar refractivity (Wildman–Crippen MR) is 60.5 cm³/mol. The Morgan fingerprint density at radius 2 is 2.14 bits per heavy atom. The molecule has 0 bridgehead atoms. The van der Waals surface area contributed by atoms with E-state index in [4.69, 9.17) is 0 Å². The molecule has 0 aromatic heterocycles. The van der Waals surface area contributed by atoms with Crippen LogP contribution in [0.3, 0.4) is 0 Å². The standard InChI is InChI=1S/C12H24N2/c1-3-13-9-11-6-7-12(11)14-8-4-5-10(14)2/h10-13H,3-9H2,1-2H3. The van der Waals surface area contributed by atoms with Gasteiger partial charge in [0, 0.05) is 12.1 Å². The summed E-state index contributed by atoms with van der Waals surface area (Å²) in [5, 5.41) is 3.49. The Labute approximate surface area is 88.1 Å². The summed E-state index contributed by atoms with van der Waals surface area (Å²) in [5.41, 5.74) is 0. The van der Waals surface area contributed by atoms with Crippen molar-refractivity contribution in [3.63, 3.8) is 0 Å². The largest absolute Gasteiger partial charge is 0.317 e. The van der Waals surface area contributed by atoms with Gasteiger partial charge in [-0.1, -0.05) is 6.92 Å². The summed E-state index contributed by atoms with van der Waals surface area (Å²) in [5.74, 6) is 0.940. The van der Waals surface area contributed by atoms with Crippen molar-refractivity contribution in [3.8, 4) is 0 Å². The molecule has 2 aliphatic rings. The molecular weight excluding hydrogens is 172 g/mol. The zero-order valence-corrected chi connectivity index (χ0v) is 9.63. The molecule has 0 aromatic carbocycles. The number of rotatable bonds is 4. The molecule has 1 saturated heterocycles. The number of hydrogen-bond acceptors (Lipinski definition) is 2. The van der Waals surface area contributed by atoms with Crippen LogP contribution in [0.5, 0.6) is 0 Å². The molecule has 0 amide bonds. The van der Waals surface area contributed by atoms with E-state index in [2.05, 4.69) is 24.1 Å². The SMILES string of the molecule is CCNCC1CCC1N1CCCC1C. The Balaban J connectivity index is 1.80. The van der Waals surface area contributed by atoms with E-state index in [0.29, 0.717) is 0 Å². The van der Waals surface area contributed by atoms with Gasteiger partial charge in [0.2, 0.25) is 0 Å². The number of likely N-dealkylation sites (tertiary alicyclic amines) is 1. The highest BCUT2D eigenvalue weighted by Crippen LogP contribution is 2.35. The zero-order valence-electron chi connectivity index (χ0n) is 9.63. The van der Waals surface area contributed by atoms with E-state index in [1.807, 2.05) is 0 Å². The highest BCUT2D eigenvalue weighted by molar-refractivity contribution is 4.93. The first-order valence-corrected chi connectivity index (χ1v) is 6.29. The molecule has 1 aliphatic heterocycles. The highest BCUT2D eigenvalue weighted by Gasteiger charge is 2.38. The van der Waals surface area contributed by atoms with Crippen LogP contribution in [0.1, 0.15) is 39.5 Å². The molecule has 1 aliphatic carbocycles. The molecule has 0 aromatic rings. The minimum absolute atomic E-state index is 0.851. The molecule has 1 saturated carbocycles. The van der Waals surface area contributed by atoms with E-state index in [1.165, 1.54) is 38.8 Å². The van der Waals surface area contributed by atoms with Crippen molar-refractivity contribution in [3.05, 3.63) is 0 Å². The topological polar surface area (TPSA) is 15.3 Å². The van der Waals surface area contributed by atoms with Gasteiger partial charge < -0.3 is 5.32 Å². The minimum Gasteiger partial charge on any atom is -0.317 e. The summed E-state index contributed by atoms with van der Waals surface area (Å²) in [6.45, 7) is 8.32. The summed E-state index contributed by atoms with van der Waals surface area (Å²) in [6.07, 6.45) is 5.73. The van der Waals surface area contributed by atoms with Crippen LogP contribution in [0, 0.1) is 5.92 Å². The molecule has 0 spiro atoms. The van der Waals surface area contributed by atoms with Gasteiger partial charge in [0.05, 0.1) is 0 Å². The van der Waals surface area contributed by atoms with E-state index < -0.39 is 0 Å². The fourth-order valence-corrected chi connectivity index (χ4v) is 3.00. The van der Waals surface area contributed by atoms with E-state index in [9.17, 15) is 0 Å². The first-order chi connectivity index (χ1) is 6.83. The van der Waals surface area contributed by atoms with Gasteiger partial charge in [-0.15, -0.1) is 0 Å². The fraction of sp³-hybridized carbons (Fsp3) is 1.00. The van der Waals surface area contributed by atoms with Crippen molar-refractivity contribution in [1.29, 1.82) is 0 Å². The second-order valence-corrected chi connectivity index (χ2v) is 4.94. The number of hydrogen-bond donors (Lipinski definition) is 1. The Bertz CT molecular complexity index is 181. The van der Waals surface area contributed by atoms with Gasteiger partial charge in [-0.25, -0.2) is 0 Å². The van der Waals surface area contributed by atoms with Crippen LogP contribution in [-0.4, -0.2) is 36.6 Å². The van der Waals surface area contributed by atoms with Crippen molar-refractivity contribution < 1.29 is 0 Å². The maximum Gasteiger partial charge on any atom is 0.0139 e. The molecule has 2 rings (SSSR count). The van der Waals surface area contributed by atoms with Crippen LogP contribution in [-0.2, 0) is 0 Å². The Hall–Kier alpha value is -0.0800. The molecule has 1 heterocycles. The fourth-order valence-electron chi connectivity index (χ4n) is 3.00. The summed E-state index contributed by atoms with van der Waals surface area (Å²) >= 11 is 0. The molecule has 82 valence electrons. The quantitative estimate of drug-likeness (QED) is 0.738. The van der Waals surface area contributed by atoms with Crippen LogP contribution in [0.4, 0.5) is 0 Å². The first kappa shape index (κ1) is 10.4. The predicted octanol–water partition coefficient (Wildman–Crippen LogP) is 1.86. The van der Waals surface area contributed by atoms with Gasteiger partial charge in [-0.3, -0.25) is 4.90 Å². The molecule has 14 heavy (non-hydrogen) atoms. The maximum atomic E-state index is 3.49. The minimum atomic E-state index is 0.851. The second-order valence-electron chi connectivity index (χ2n) is 4.94. The van der Waals surface area contributed by atoms with E-state index in [1.54, 1.807) is 0 Å². The van der Waals surface area contributed by atoms with Gasteiger partial charge in [0.1, 0.15) is 0 Å². The lowest BCUT2D eigenvalue weighted by Crippen LogP contribution is -2.51. The second kappa shape index (κ2) is 4.63. The average molecular weight is 196 g/mol. The molecule has 2 nitrogen and oxygen atoms in total. The van der Waals surface area contributed by atoms with Crippen molar-refractivity contribution in [1.82, 2.24) is 10.2 Å².